The van der Waals surface area contributed by atoms with Crippen LogP contribution in [-0.4, -0.2) is 24.1 Å². The van der Waals surface area contributed by atoms with Gasteiger partial charge < -0.3 is 14.8 Å². The lowest BCUT2D eigenvalue weighted by atomic mass is 10.3. The third-order valence-electron chi connectivity index (χ3n) is 3.68. The fourth-order valence-electron chi connectivity index (χ4n) is 2.44. The molecule has 0 fully saturated rings. The molecule has 140 valence electrons. The highest BCUT2D eigenvalue weighted by Crippen LogP contribution is 2.32. The predicted molar refractivity (Wildman–Crippen MR) is 110 cm³/mol. The summed E-state index contributed by atoms with van der Waals surface area (Å²) in [5, 5.41) is 12.1. The van der Waals surface area contributed by atoms with Gasteiger partial charge in [0.1, 0.15) is 22.7 Å². The molecule has 2 N–H and O–H groups in total. The number of anilines is 1. The van der Waals surface area contributed by atoms with Crippen LogP contribution in [0.3, 0.4) is 0 Å². The van der Waals surface area contributed by atoms with E-state index < -0.39 is 0 Å². The van der Waals surface area contributed by atoms with Crippen LogP contribution < -0.4 is 20.3 Å². The molecule has 3 aromatic rings. The van der Waals surface area contributed by atoms with Gasteiger partial charge in [-0.05, 0) is 43.3 Å². The van der Waals surface area contributed by atoms with E-state index in [1.165, 1.54) is 11.5 Å². The lowest BCUT2D eigenvalue weighted by Gasteiger charge is -2.12. The molecule has 1 aromatic heterocycles. The summed E-state index contributed by atoms with van der Waals surface area (Å²) in [6.07, 6.45) is 0. The van der Waals surface area contributed by atoms with E-state index in [0.717, 1.165) is 10.6 Å². The van der Waals surface area contributed by atoms with Gasteiger partial charge in [-0.25, -0.2) is 8.95 Å². The van der Waals surface area contributed by atoms with E-state index in [4.69, 9.17) is 31.5 Å². The number of benzene rings is 2. The number of aliphatic imine (C=N–C) groups is 1. The van der Waals surface area contributed by atoms with Crippen LogP contribution in [0.4, 0.5) is 11.4 Å². The third-order valence-corrected chi connectivity index (χ3v) is 4.87. The first-order chi connectivity index (χ1) is 13.0. The van der Waals surface area contributed by atoms with E-state index in [2.05, 4.69) is 5.32 Å². The maximum absolute atomic E-state index is 8.23. The molecule has 0 spiro atoms. The van der Waals surface area contributed by atoms with Gasteiger partial charge >= 0.3 is 0 Å². The Bertz CT molecular complexity index is 1040. The number of halogens is 1. The van der Waals surface area contributed by atoms with Crippen LogP contribution in [0.1, 0.15) is 4.88 Å². The summed E-state index contributed by atoms with van der Waals surface area (Å²) < 4.78 is 12.4. The number of hydrogen-bond donors (Lipinski definition) is 2. The van der Waals surface area contributed by atoms with Gasteiger partial charge in [-0.1, -0.05) is 29.2 Å². The number of nitrogens with one attached hydrogen (secondary N) is 2. The molecule has 27 heavy (non-hydrogen) atoms. The zero-order valence-corrected chi connectivity index (χ0v) is 16.7. The second-order valence-corrected chi connectivity index (χ2v) is 7.26. The Morgan fingerprint density at radius 1 is 1.15 bits per heavy atom. The molecule has 0 saturated carbocycles. The van der Waals surface area contributed by atoms with Crippen molar-refractivity contribution in [3.05, 3.63) is 63.9 Å². The Morgan fingerprint density at radius 3 is 2.59 bits per heavy atom. The molecule has 0 aliphatic rings. The van der Waals surface area contributed by atoms with Gasteiger partial charge in [-0.2, -0.15) is 0 Å². The van der Waals surface area contributed by atoms with Gasteiger partial charge in [0.15, 0.2) is 0 Å². The molecule has 2 aromatic carbocycles. The fraction of sp³-hybridized carbons (Fsp3) is 0.158. The summed E-state index contributed by atoms with van der Waals surface area (Å²) in [4.78, 5) is 5.71. The van der Waals surface area contributed by atoms with Gasteiger partial charge in [-0.15, -0.1) is 0 Å². The minimum absolute atomic E-state index is 0.332. The van der Waals surface area contributed by atoms with Crippen molar-refractivity contribution in [3.63, 3.8) is 0 Å². The largest absolute Gasteiger partial charge is 0.497 e. The second kappa shape index (κ2) is 8.28. The SMILES string of the molecule is COc1ccc(N=C(Nc2cccc(Cl)c2)n2sc(C)cc2=N)c(OC)c1. The van der Waals surface area contributed by atoms with Crippen LogP contribution in [0.2, 0.25) is 5.02 Å². The van der Waals surface area contributed by atoms with Gasteiger partial charge in [0, 0.05) is 21.7 Å². The standard InChI is InChI=1S/C19H19ClN4O2S/c1-12-9-18(21)24(27-12)19(22-14-6-4-5-13(20)10-14)23-16-8-7-15(25-2)11-17(16)26-3/h4-11,21H,1-3H3,(H,22,23). The first-order valence-electron chi connectivity index (χ1n) is 8.08. The Kier molecular flexibility index (Phi) is 5.83. The molecule has 1 heterocycles. The Labute approximate surface area is 166 Å². The first kappa shape index (κ1) is 19.0. The Morgan fingerprint density at radius 2 is 1.96 bits per heavy atom. The lowest BCUT2D eigenvalue weighted by molar-refractivity contribution is 0.395. The molecule has 0 aliphatic carbocycles. The molecule has 6 nitrogen and oxygen atoms in total. The first-order valence-corrected chi connectivity index (χ1v) is 9.23. The molecule has 0 unspecified atom stereocenters. The van der Waals surface area contributed by atoms with Crippen molar-refractivity contribution in [2.75, 3.05) is 19.5 Å². The van der Waals surface area contributed by atoms with Crippen molar-refractivity contribution in [1.29, 1.82) is 5.41 Å². The van der Waals surface area contributed by atoms with Crippen molar-refractivity contribution >= 4 is 40.5 Å². The zero-order chi connectivity index (χ0) is 19.4. The molecule has 3 rings (SSSR count). The number of rotatable bonds is 4. The van der Waals surface area contributed by atoms with Crippen LogP contribution >= 0.6 is 23.1 Å². The van der Waals surface area contributed by atoms with Crippen molar-refractivity contribution < 1.29 is 9.47 Å². The van der Waals surface area contributed by atoms with Crippen LogP contribution in [0.5, 0.6) is 11.5 Å². The summed E-state index contributed by atoms with van der Waals surface area (Å²) >= 11 is 7.52. The van der Waals surface area contributed by atoms with Gasteiger partial charge in [-0.3, -0.25) is 5.41 Å². The van der Waals surface area contributed by atoms with Gasteiger partial charge in [0.25, 0.3) is 0 Å². The van der Waals surface area contributed by atoms with Gasteiger partial charge in [0.05, 0.1) is 14.2 Å². The van der Waals surface area contributed by atoms with Crippen molar-refractivity contribution in [1.82, 2.24) is 3.96 Å². The van der Waals surface area contributed by atoms with E-state index in [1.807, 2.05) is 31.2 Å². The number of nitrogens with zero attached hydrogens (tertiary/aromatic N) is 2. The van der Waals surface area contributed by atoms with Crippen LogP contribution in [-0.2, 0) is 0 Å². The summed E-state index contributed by atoms with van der Waals surface area (Å²) in [6, 6.07) is 14.5. The second-order valence-electron chi connectivity index (χ2n) is 5.63. The molecule has 0 amide bonds. The molecule has 0 atom stereocenters. The predicted octanol–water partition coefficient (Wildman–Crippen LogP) is 4.66. The molecule has 0 radical (unpaired) electrons. The monoisotopic (exact) mass is 402 g/mol. The highest BCUT2D eigenvalue weighted by Gasteiger charge is 2.11. The average Bonchev–Trinajstić information content (AvgIpc) is 2.99. The molecule has 0 aliphatic heterocycles. The highest BCUT2D eigenvalue weighted by atomic mass is 35.5. The lowest BCUT2D eigenvalue weighted by Crippen LogP contribution is -2.28. The summed E-state index contributed by atoms with van der Waals surface area (Å²) in [7, 11) is 3.18. The number of hydrogen-bond acceptors (Lipinski definition) is 5. The average molecular weight is 403 g/mol. The summed E-state index contributed by atoms with van der Waals surface area (Å²) in [5.74, 6) is 1.72. The Balaban J connectivity index is 2.10. The number of methoxy groups -OCH3 is 2. The maximum atomic E-state index is 8.23. The highest BCUT2D eigenvalue weighted by molar-refractivity contribution is 7.07. The third kappa shape index (κ3) is 4.50. The van der Waals surface area contributed by atoms with Crippen molar-refractivity contribution in [2.24, 2.45) is 4.99 Å². The van der Waals surface area contributed by atoms with Crippen molar-refractivity contribution in [3.8, 4) is 11.5 Å². The molecular formula is C19H19ClN4O2S. The minimum atomic E-state index is 0.332. The smallest absolute Gasteiger partial charge is 0.223 e. The van der Waals surface area contributed by atoms with Gasteiger partial charge in [0.2, 0.25) is 5.96 Å². The number of ether oxygens (including phenoxy) is 2. The maximum Gasteiger partial charge on any atom is 0.223 e. The summed E-state index contributed by atoms with van der Waals surface area (Å²) in [5.41, 5.74) is 1.71. The topological polar surface area (TPSA) is 71.6 Å². The molecule has 8 heteroatoms. The normalized spacial score (nSPS) is 11.3. The van der Waals surface area contributed by atoms with Crippen molar-refractivity contribution in [2.45, 2.75) is 6.92 Å². The van der Waals surface area contributed by atoms with Crippen LogP contribution in [0, 0.1) is 12.3 Å². The molecule has 0 saturated heterocycles. The Hall–Kier alpha value is -2.77. The van der Waals surface area contributed by atoms with E-state index >= 15 is 0 Å². The molecular weight excluding hydrogens is 384 g/mol. The quantitative estimate of drug-likeness (QED) is 0.492. The zero-order valence-electron chi connectivity index (χ0n) is 15.1. The van der Waals surface area contributed by atoms with E-state index in [9.17, 15) is 0 Å². The minimum Gasteiger partial charge on any atom is -0.497 e. The molecule has 0 bridgehead atoms. The summed E-state index contributed by atoms with van der Waals surface area (Å²) in [6.45, 7) is 1.95. The van der Waals surface area contributed by atoms with Crippen LogP contribution in [0.15, 0.2) is 53.5 Å². The van der Waals surface area contributed by atoms with E-state index in [-0.39, 0.29) is 0 Å². The van der Waals surface area contributed by atoms with Crippen LogP contribution in [0.25, 0.3) is 0 Å². The van der Waals surface area contributed by atoms with E-state index in [1.54, 1.807) is 42.4 Å². The fourth-order valence-corrected chi connectivity index (χ4v) is 3.41. The van der Waals surface area contributed by atoms with E-state index in [0.29, 0.717) is 33.7 Å². The number of aryl methyl sites for hydroxylation is 1. The number of aromatic nitrogens is 1.